The predicted molar refractivity (Wildman–Crippen MR) is 115 cm³/mol. The Bertz CT molecular complexity index is 674. The molecule has 0 N–H and O–H groups in total. The third-order valence-electron chi connectivity index (χ3n) is 4.14. The summed E-state index contributed by atoms with van der Waals surface area (Å²) >= 11 is 0. The number of hydrogen-bond donors (Lipinski definition) is 0. The molecule has 1 unspecified atom stereocenters. The number of nitriles is 1. The Balaban J connectivity index is 0.00000144. The molecule has 3 aromatic carbocycles. The van der Waals surface area contributed by atoms with Gasteiger partial charge in [-0.25, -0.2) is 0 Å². The van der Waals surface area contributed by atoms with Gasteiger partial charge in [0.2, 0.25) is 0 Å². The third kappa shape index (κ3) is 3.85. The molecule has 24 heavy (non-hydrogen) atoms. The molecule has 0 radical (unpaired) electrons. The molecule has 1 nitrogen and oxygen atoms in total. The normalized spacial score (nSPS) is 10.6. The molecule has 0 aliphatic carbocycles. The minimum absolute atomic E-state index is 0. The van der Waals surface area contributed by atoms with Gasteiger partial charge in [-0.3, -0.25) is 0 Å². The van der Waals surface area contributed by atoms with Crippen LogP contribution in [0.5, 0.6) is 0 Å². The summed E-state index contributed by atoms with van der Waals surface area (Å²) in [5.41, 5.74) is 0. The van der Waals surface area contributed by atoms with Crippen LogP contribution in [-0.2, 0) is 0 Å². The molecule has 124 valence electrons. The monoisotopic (exact) mass is 373 g/mol. The van der Waals surface area contributed by atoms with E-state index in [4.69, 9.17) is 0 Å². The maximum absolute atomic E-state index is 9.57. The first-order valence-electron chi connectivity index (χ1n) is 7.41. The van der Waals surface area contributed by atoms with Crippen LogP contribution in [0.3, 0.4) is 0 Å². The fourth-order valence-corrected chi connectivity index (χ4v) is 7.23. The van der Waals surface area contributed by atoms with E-state index in [1.807, 2.05) is 18.2 Å². The van der Waals surface area contributed by atoms with Crippen molar-refractivity contribution in [3.05, 3.63) is 91.0 Å². The van der Waals surface area contributed by atoms with Gasteiger partial charge in [-0.15, -0.1) is 12.4 Å². The Hall–Kier alpha value is -1.70. The van der Waals surface area contributed by atoms with Crippen LogP contribution >= 0.6 is 29.6 Å². The molecule has 0 aliphatic rings. The minimum Gasteiger partial charge on any atom is -0.153 e. The minimum atomic E-state index is -2.28. The van der Waals surface area contributed by atoms with Gasteiger partial charge in [0, 0.05) is 0 Å². The van der Waals surface area contributed by atoms with Crippen LogP contribution in [0.4, 0.5) is 0 Å². The summed E-state index contributed by atoms with van der Waals surface area (Å²) in [4.78, 5) is 0. The van der Waals surface area contributed by atoms with Gasteiger partial charge in [0.05, 0.1) is 0 Å². The summed E-state index contributed by atoms with van der Waals surface area (Å²) in [7, 11) is -2.28. The fourth-order valence-electron chi connectivity index (χ4n) is 3.09. The van der Waals surface area contributed by atoms with Crippen LogP contribution < -0.4 is 15.9 Å². The van der Waals surface area contributed by atoms with E-state index < -0.39 is 7.26 Å². The number of hydrogen-bond acceptors (Lipinski definition) is 1. The van der Waals surface area contributed by atoms with Crippen LogP contribution in [-0.4, -0.2) is 6.16 Å². The zero-order valence-electron chi connectivity index (χ0n) is 13.4. The Morgan fingerprint density at radius 3 is 1.17 bits per heavy atom. The molecule has 0 saturated carbocycles. The summed E-state index contributed by atoms with van der Waals surface area (Å²) in [6.07, 6.45) is 0.547. The van der Waals surface area contributed by atoms with E-state index in [1.165, 1.54) is 15.9 Å². The van der Waals surface area contributed by atoms with Gasteiger partial charge in [0.25, 0.3) is 0 Å². The molecule has 0 spiro atoms. The molecule has 0 saturated heterocycles. The molecule has 3 aromatic rings. The Kier molecular flexibility index (Phi) is 8.10. The van der Waals surface area contributed by atoms with Crippen molar-refractivity contribution in [2.75, 3.05) is 6.16 Å². The Labute approximate surface area is 154 Å². The number of nitrogens with zero attached hydrogens (tertiary/aromatic N) is 1. The van der Waals surface area contributed by atoms with Crippen molar-refractivity contribution in [1.29, 1.82) is 5.26 Å². The molecular formula is C20H22ClNP2. The summed E-state index contributed by atoms with van der Waals surface area (Å²) in [5.74, 6) is 0. The van der Waals surface area contributed by atoms with Crippen molar-refractivity contribution >= 4 is 45.5 Å². The van der Waals surface area contributed by atoms with E-state index in [-0.39, 0.29) is 22.3 Å². The first-order valence-corrected chi connectivity index (χ1v) is 9.62. The van der Waals surface area contributed by atoms with Crippen molar-refractivity contribution in [1.82, 2.24) is 0 Å². The van der Waals surface area contributed by atoms with E-state index in [0.717, 1.165) is 0 Å². The number of halogens is 1. The van der Waals surface area contributed by atoms with Gasteiger partial charge in [-0.05, 0) is 0 Å². The van der Waals surface area contributed by atoms with Crippen molar-refractivity contribution in [2.45, 2.75) is 0 Å². The topological polar surface area (TPSA) is 23.8 Å². The maximum atomic E-state index is 9.57. The van der Waals surface area contributed by atoms with E-state index in [2.05, 4.69) is 78.9 Å². The van der Waals surface area contributed by atoms with Crippen LogP contribution in [0, 0.1) is 11.3 Å². The second kappa shape index (κ2) is 9.56. The molecule has 3 rings (SSSR count). The van der Waals surface area contributed by atoms with E-state index >= 15 is 0 Å². The molecule has 4 heteroatoms. The van der Waals surface area contributed by atoms with Crippen LogP contribution in [0.15, 0.2) is 91.0 Å². The van der Waals surface area contributed by atoms with Crippen molar-refractivity contribution in [3.63, 3.8) is 0 Å². The largest absolute Gasteiger partial charge is 0.153 e. The van der Waals surface area contributed by atoms with Crippen molar-refractivity contribution in [2.24, 2.45) is 0 Å². The van der Waals surface area contributed by atoms with E-state index in [1.54, 1.807) is 0 Å². The SMILES string of the molecule is Cl.N#CC[PH](c1ccccc1)(c1ccccc1)c1ccccc1.P. The molecule has 0 amide bonds. The third-order valence-corrected chi connectivity index (χ3v) is 8.79. The van der Waals surface area contributed by atoms with Crippen molar-refractivity contribution in [3.8, 4) is 6.07 Å². The zero-order chi connectivity index (χ0) is 15.3. The quantitative estimate of drug-likeness (QED) is 0.639. The molecule has 1 atom stereocenters. The predicted octanol–water partition coefficient (Wildman–Crippen LogP) is 3.72. The van der Waals surface area contributed by atoms with E-state index in [0.29, 0.717) is 6.16 Å². The van der Waals surface area contributed by atoms with Crippen molar-refractivity contribution < 1.29 is 0 Å². The summed E-state index contributed by atoms with van der Waals surface area (Å²) < 4.78 is 0. The molecule has 0 aliphatic heterocycles. The first kappa shape index (κ1) is 20.3. The second-order valence-electron chi connectivity index (χ2n) is 5.34. The van der Waals surface area contributed by atoms with Gasteiger partial charge in [0.15, 0.2) is 0 Å². The summed E-state index contributed by atoms with van der Waals surface area (Å²) in [6, 6.07) is 34.0. The summed E-state index contributed by atoms with van der Waals surface area (Å²) in [6.45, 7) is 0. The molecular weight excluding hydrogens is 352 g/mol. The van der Waals surface area contributed by atoms with Crippen LogP contribution in [0.2, 0.25) is 0 Å². The average Bonchev–Trinajstić information content (AvgIpc) is 2.62. The van der Waals surface area contributed by atoms with Gasteiger partial charge < -0.3 is 0 Å². The molecule has 0 heterocycles. The number of rotatable bonds is 4. The van der Waals surface area contributed by atoms with Gasteiger partial charge in [-0.2, -0.15) is 9.90 Å². The van der Waals surface area contributed by atoms with Gasteiger partial charge >= 0.3 is 132 Å². The van der Waals surface area contributed by atoms with Crippen LogP contribution in [0.25, 0.3) is 0 Å². The maximum Gasteiger partial charge on any atom is -0.153 e. The zero-order valence-corrected chi connectivity index (χ0v) is 16.7. The average molecular weight is 374 g/mol. The van der Waals surface area contributed by atoms with Gasteiger partial charge in [0.1, 0.15) is 0 Å². The van der Waals surface area contributed by atoms with Crippen LogP contribution in [0.1, 0.15) is 0 Å². The molecule has 0 fully saturated rings. The smallest absolute Gasteiger partial charge is 0.153 e. The Morgan fingerprint density at radius 1 is 0.625 bits per heavy atom. The fraction of sp³-hybridized carbons (Fsp3) is 0.0500. The standard InChI is InChI=1S/C20H18NP.ClH.H3P/c21-16-17-22(18-10-4-1-5-11-18,19-12-6-2-7-13-19)20-14-8-3-9-15-20;;/h1-15,22H,17H2;1H;1H3. The van der Waals surface area contributed by atoms with E-state index in [9.17, 15) is 5.26 Å². The second-order valence-corrected chi connectivity index (χ2v) is 9.23. The molecule has 0 bridgehead atoms. The van der Waals surface area contributed by atoms with Gasteiger partial charge in [-0.1, -0.05) is 0 Å². The molecule has 0 aromatic heterocycles. The Morgan fingerprint density at radius 2 is 0.917 bits per heavy atom. The summed E-state index contributed by atoms with van der Waals surface area (Å²) in [5, 5.41) is 13.4. The first-order chi connectivity index (χ1) is 10.9. The number of benzene rings is 3.